The molecule has 0 radical (unpaired) electrons. The van der Waals surface area contributed by atoms with Gasteiger partial charge in [0.15, 0.2) is 0 Å². The second kappa shape index (κ2) is 4.89. The monoisotopic (exact) mass is 239 g/mol. The third-order valence-corrected chi connectivity index (χ3v) is 4.97. The molecule has 100 valence electrons. The Bertz CT molecular complexity index is 262. The molecular weight excluding hydrogens is 210 g/mol. The normalized spacial score (nSPS) is 37.4. The van der Waals surface area contributed by atoms with Crippen molar-refractivity contribution < 1.29 is 4.74 Å². The van der Waals surface area contributed by atoms with Gasteiger partial charge in [0.1, 0.15) is 0 Å². The highest BCUT2D eigenvalue weighted by atomic mass is 16.5. The maximum absolute atomic E-state index is 5.96. The van der Waals surface area contributed by atoms with Gasteiger partial charge in [0.05, 0.1) is 6.10 Å². The highest BCUT2D eigenvalue weighted by molar-refractivity contribution is 5.10. The molecule has 0 spiro atoms. The Hall–Kier alpha value is -0.0800. The number of fused-ring (bicyclic) bond motifs is 1. The summed E-state index contributed by atoms with van der Waals surface area (Å²) in [5.41, 5.74) is 0.313. The molecular formula is C15H29NO. The maximum atomic E-state index is 5.96. The zero-order valence-electron chi connectivity index (χ0n) is 12.1. The summed E-state index contributed by atoms with van der Waals surface area (Å²) in [7, 11) is 0. The zero-order chi connectivity index (χ0) is 12.6. The molecule has 0 bridgehead atoms. The summed E-state index contributed by atoms with van der Waals surface area (Å²) in [6.07, 6.45) is 4.31. The number of hydrogen-bond donors (Lipinski definition) is 1. The summed E-state index contributed by atoms with van der Waals surface area (Å²) < 4.78 is 5.96. The van der Waals surface area contributed by atoms with Gasteiger partial charge in [0.25, 0.3) is 0 Å². The van der Waals surface area contributed by atoms with E-state index in [-0.39, 0.29) is 0 Å². The summed E-state index contributed by atoms with van der Waals surface area (Å²) >= 11 is 0. The van der Waals surface area contributed by atoms with Crippen molar-refractivity contribution >= 4 is 0 Å². The lowest BCUT2D eigenvalue weighted by molar-refractivity contribution is -0.195. The zero-order valence-corrected chi connectivity index (χ0v) is 12.1. The van der Waals surface area contributed by atoms with Gasteiger partial charge in [-0.1, -0.05) is 34.6 Å². The molecule has 1 aliphatic carbocycles. The van der Waals surface area contributed by atoms with E-state index in [9.17, 15) is 0 Å². The molecule has 1 N–H and O–H groups in total. The van der Waals surface area contributed by atoms with Crippen LogP contribution in [-0.4, -0.2) is 24.8 Å². The predicted molar refractivity (Wildman–Crippen MR) is 72.1 cm³/mol. The van der Waals surface area contributed by atoms with Crippen LogP contribution in [0.2, 0.25) is 0 Å². The molecule has 0 aromatic rings. The van der Waals surface area contributed by atoms with E-state index in [1.54, 1.807) is 0 Å². The highest BCUT2D eigenvalue weighted by Crippen LogP contribution is 2.51. The first kappa shape index (κ1) is 13.4. The minimum absolute atomic E-state index is 0.313. The molecule has 17 heavy (non-hydrogen) atoms. The smallest absolute Gasteiger partial charge is 0.0684 e. The van der Waals surface area contributed by atoms with Gasteiger partial charge in [-0.05, 0) is 25.2 Å². The van der Waals surface area contributed by atoms with E-state index >= 15 is 0 Å². The molecule has 0 aromatic heterocycles. The van der Waals surface area contributed by atoms with Gasteiger partial charge in [-0.2, -0.15) is 0 Å². The van der Waals surface area contributed by atoms with Crippen LogP contribution in [0.1, 0.15) is 53.9 Å². The SMILES string of the molecule is CCC(NC1C2CCCOC2C1(C)C)C(C)C. The van der Waals surface area contributed by atoms with Gasteiger partial charge in [0, 0.05) is 30.0 Å². The van der Waals surface area contributed by atoms with Crippen LogP contribution in [0.15, 0.2) is 0 Å². The lowest BCUT2D eigenvalue weighted by atomic mass is 9.55. The van der Waals surface area contributed by atoms with E-state index in [1.165, 1.54) is 19.3 Å². The second-order valence-electron chi connectivity index (χ2n) is 6.82. The summed E-state index contributed by atoms with van der Waals surface area (Å²) in [5, 5.41) is 3.91. The second-order valence-corrected chi connectivity index (χ2v) is 6.82. The van der Waals surface area contributed by atoms with Gasteiger partial charge in [-0.25, -0.2) is 0 Å². The van der Waals surface area contributed by atoms with Crippen molar-refractivity contribution in [2.45, 2.75) is 72.1 Å². The molecule has 4 atom stereocenters. The first-order chi connectivity index (χ1) is 7.98. The highest BCUT2D eigenvalue weighted by Gasteiger charge is 2.57. The molecule has 2 fully saturated rings. The molecule has 2 aliphatic rings. The molecule has 2 rings (SSSR count). The van der Waals surface area contributed by atoms with Gasteiger partial charge in [0.2, 0.25) is 0 Å². The summed E-state index contributed by atoms with van der Waals surface area (Å²) in [6, 6.07) is 1.31. The van der Waals surface area contributed by atoms with E-state index in [0.717, 1.165) is 18.4 Å². The third-order valence-electron chi connectivity index (χ3n) is 4.97. The Labute approximate surface area is 107 Å². The van der Waals surface area contributed by atoms with E-state index in [0.29, 0.717) is 23.6 Å². The maximum Gasteiger partial charge on any atom is 0.0684 e. The fraction of sp³-hybridized carbons (Fsp3) is 1.00. The minimum Gasteiger partial charge on any atom is -0.377 e. The molecule has 1 heterocycles. The molecule has 0 amide bonds. The van der Waals surface area contributed by atoms with Crippen LogP contribution in [0, 0.1) is 17.3 Å². The van der Waals surface area contributed by atoms with Crippen LogP contribution in [0.4, 0.5) is 0 Å². The standard InChI is InChI=1S/C15H29NO/c1-6-12(10(2)3)16-13-11-8-7-9-17-14(11)15(13,4)5/h10-14,16H,6-9H2,1-5H3. The van der Waals surface area contributed by atoms with Gasteiger partial charge in [-0.3, -0.25) is 0 Å². The first-order valence-electron chi connectivity index (χ1n) is 7.36. The van der Waals surface area contributed by atoms with Crippen molar-refractivity contribution in [3.05, 3.63) is 0 Å². The fourth-order valence-corrected chi connectivity index (χ4v) is 3.87. The van der Waals surface area contributed by atoms with Crippen molar-refractivity contribution in [2.24, 2.45) is 17.3 Å². The quantitative estimate of drug-likeness (QED) is 0.813. The Balaban J connectivity index is 2.00. The van der Waals surface area contributed by atoms with Crippen LogP contribution >= 0.6 is 0 Å². The fourth-order valence-electron chi connectivity index (χ4n) is 3.87. The van der Waals surface area contributed by atoms with Crippen LogP contribution < -0.4 is 5.32 Å². The first-order valence-corrected chi connectivity index (χ1v) is 7.36. The Morgan fingerprint density at radius 3 is 2.65 bits per heavy atom. The van der Waals surface area contributed by atoms with E-state index in [2.05, 4.69) is 39.9 Å². The molecule has 2 nitrogen and oxygen atoms in total. The number of ether oxygens (including phenoxy) is 1. The number of rotatable bonds is 4. The molecule has 1 saturated heterocycles. The van der Waals surface area contributed by atoms with Crippen molar-refractivity contribution in [1.82, 2.24) is 5.32 Å². The molecule has 4 unspecified atom stereocenters. The Kier molecular flexibility index (Phi) is 3.84. The van der Waals surface area contributed by atoms with Crippen molar-refractivity contribution in [3.63, 3.8) is 0 Å². The van der Waals surface area contributed by atoms with Crippen LogP contribution in [0.5, 0.6) is 0 Å². The number of hydrogen-bond acceptors (Lipinski definition) is 2. The summed E-state index contributed by atoms with van der Waals surface area (Å²) in [6.45, 7) is 12.6. The average molecular weight is 239 g/mol. The van der Waals surface area contributed by atoms with Gasteiger partial charge >= 0.3 is 0 Å². The van der Waals surface area contributed by atoms with Gasteiger partial charge < -0.3 is 10.1 Å². The lowest BCUT2D eigenvalue weighted by Gasteiger charge is -2.61. The molecule has 1 saturated carbocycles. The van der Waals surface area contributed by atoms with Crippen LogP contribution in [0.3, 0.4) is 0 Å². The molecule has 0 aromatic carbocycles. The third kappa shape index (κ3) is 2.26. The van der Waals surface area contributed by atoms with E-state index in [4.69, 9.17) is 4.74 Å². The summed E-state index contributed by atoms with van der Waals surface area (Å²) in [4.78, 5) is 0. The Morgan fingerprint density at radius 2 is 2.06 bits per heavy atom. The topological polar surface area (TPSA) is 21.3 Å². The predicted octanol–water partition coefficient (Wildman–Crippen LogP) is 3.21. The molecule has 1 aliphatic heterocycles. The average Bonchev–Trinajstić information content (AvgIpc) is 2.29. The van der Waals surface area contributed by atoms with Gasteiger partial charge in [-0.15, -0.1) is 0 Å². The Morgan fingerprint density at radius 1 is 1.35 bits per heavy atom. The van der Waals surface area contributed by atoms with E-state index in [1.807, 2.05) is 0 Å². The van der Waals surface area contributed by atoms with Crippen molar-refractivity contribution in [2.75, 3.05) is 6.61 Å². The van der Waals surface area contributed by atoms with Crippen molar-refractivity contribution in [3.8, 4) is 0 Å². The van der Waals surface area contributed by atoms with E-state index < -0.39 is 0 Å². The summed E-state index contributed by atoms with van der Waals surface area (Å²) in [5.74, 6) is 1.48. The largest absolute Gasteiger partial charge is 0.377 e. The van der Waals surface area contributed by atoms with Crippen molar-refractivity contribution in [1.29, 1.82) is 0 Å². The van der Waals surface area contributed by atoms with Crippen LogP contribution in [-0.2, 0) is 4.74 Å². The lowest BCUT2D eigenvalue weighted by Crippen LogP contribution is -2.70. The van der Waals surface area contributed by atoms with Crippen LogP contribution in [0.25, 0.3) is 0 Å². The molecule has 2 heteroatoms. The minimum atomic E-state index is 0.313. The number of nitrogens with one attached hydrogen (secondary N) is 1.